The Morgan fingerprint density at radius 2 is 1.69 bits per heavy atom. The summed E-state index contributed by atoms with van der Waals surface area (Å²) >= 11 is 0. The maximum Gasteiger partial charge on any atom is 0.226 e. The average molecular weight is 358 g/mol. The Morgan fingerprint density at radius 1 is 1.04 bits per heavy atom. The van der Waals surface area contributed by atoms with Gasteiger partial charge in [0.1, 0.15) is 0 Å². The summed E-state index contributed by atoms with van der Waals surface area (Å²) in [5.74, 6) is 0.643. The molecule has 0 atom stereocenters. The molecule has 2 heterocycles. The molecule has 0 aromatic heterocycles. The molecule has 2 fully saturated rings. The van der Waals surface area contributed by atoms with Crippen molar-refractivity contribution < 1.29 is 14.3 Å². The lowest BCUT2D eigenvalue weighted by molar-refractivity contribution is -0.144. The van der Waals surface area contributed by atoms with Gasteiger partial charge >= 0.3 is 0 Å². The highest BCUT2D eigenvalue weighted by Crippen LogP contribution is 2.24. The molecule has 5 nitrogen and oxygen atoms in total. The minimum Gasteiger partial charge on any atom is -0.381 e. The monoisotopic (exact) mass is 358 g/mol. The first-order chi connectivity index (χ1) is 12.7. The summed E-state index contributed by atoms with van der Waals surface area (Å²) in [6.45, 7) is 6.20. The summed E-state index contributed by atoms with van der Waals surface area (Å²) in [6, 6.07) is 10.1. The normalized spacial score (nSPS) is 19.3. The van der Waals surface area contributed by atoms with Gasteiger partial charge in [0.25, 0.3) is 0 Å². The maximum atomic E-state index is 12.9. The van der Waals surface area contributed by atoms with Crippen LogP contribution in [0.5, 0.6) is 0 Å². The first-order valence-corrected chi connectivity index (χ1v) is 9.88. The van der Waals surface area contributed by atoms with Gasteiger partial charge in [-0.15, -0.1) is 0 Å². The van der Waals surface area contributed by atoms with Crippen LogP contribution < -0.4 is 0 Å². The first-order valence-electron chi connectivity index (χ1n) is 9.88. The van der Waals surface area contributed by atoms with Crippen LogP contribution >= 0.6 is 0 Å². The van der Waals surface area contributed by atoms with E-state index in [2.05, 4.69) is 12.1 Å². The van der Waals surface area contributed by atoms with Gasteiger partial charge in [0.15, 0.2) is 0 Å². The topological polar surface area (TPSA) is 49.9 Å². The highest BCUT2D eigenvalue weighted by Gasteiger charge is 2.32. The van der Waals surface area contributed by atoms with Gasteiger partial charge in [0.05, 0.1) is 0 Å². The van der Waals surface area contributed by atoms with E-state index in [0.29, 0.717) is 32.8 Å². The minimum absolute atomic E-state index is 0.0393. The fourth-order valence-electron chi connectivity index (χ4n) is 3.96. The summed E-state index contributed by atoms with van der Waals surface area (Å²) in [7, 11) is 0. The predicted molar refractivity (Wildman–Crippen MR) is 100 cm³/mol. The second-order valence-electron chi connectivity index (χ2n) is 7.32. The molecular formula is C21H30N2O3. The van der Waals surface area contributed by atoms with Crippen molar-refractivity contribution in [1.29, 1.82) is 0 Å². The van der Waals surface area contributed by atoms with Gasteiger partial charge in [-0.3, -0.25) is 9.59 Å². The number of nitrogens with zero attached hydrogens (tertiary/aromatic N) is 2. The molecule has 0 bridgehead atoms. The van der Waals surface area contributed by atoms with Crippen LogP contribution in [-0.4, -0.2) is 54.5 Å². The summed E-state index contributed by atoms with van der Waals surface area (Å²) in [5.41, 5.74) is 1.16. The molecule has 2 amide bonds. The predicted octanol–water partition coefficient (Wildman–Crippen LogP) is 2.70. The van der Waals surface area contributed by atoms with E-state index in [0.717, 1.165) is 37.8 Å². The molecule has 0 N–H and O–H groups in total. The lowest BCUT2D eigenvalue weighted by Gasteiger charge is -2.36. The third-order valence-corrected chi connectivity index (χ3v) is 5.64. The van der Waals surface area contributed by atoms with Gasteiger partial charge in [0.2, 0.25) is 11.8 Å². The average Bonchev–Trinajstić information content (AvgIpc) is 2.72. The Labute approximate surface area is 156 Å². The highest BCUT2D eigenvalue weighted by atomic mass is 16.5. The molecule has 3 rings (SSSR count). The van der Waals surface area contributed by atoms with Crippen molar-refractivity contribution in [1.82, 2.24) is 9.80 Å². The van der Waals surface area contributed by atoms with Crippen molar-refractivity contribution in [2.24, 2.45) is 11.8 Å². The van der Waals surface area contributed by atoms with E-state index in [4.69, 9.17) is 4.74 Å². The molecule has 5 heteroatoms. The molecule has 0 saturated carbocycles. The third kappa shape index (κ3) is 4.64. The number of likely N-dealkylation sites (tertiary alicyclic amines) is 1. The van der Waals surface area contributed by atoms with E-state index in [1.165, 1.54) is 0 Å². The van der Waals surface area contributed by atoms with Crippen molar-refractivity contribution in [3.63, 3.8) is 0 Å². The Balaban J connectivity index is 1.51. The number of hydrogen-bond acceptors (Lipinski definition) is 3. The summed E-state index contributed by atoms with van der Waals surface area (Å²) in [6.07, 6.45) is 3.22. The molecule has 0 spiro atoms. The van der Waals surface area contributed by atoms with Gasteiger partial charge in [-0.25, -0.2) is 0 Å². The molecule has 142 valence electrons. The van der Waals surface area contributed by atoms with Gasteiger partial charge in [-0.05, 0) is 38.2 Å². The molecule has 0 radical (unpaired) electrons. The number of amides is 2. The quantitative estimate of drug-likeness (QED) is 0.813. The van der Waals surface area contributed by atoms with E-state index in [1.54, 1.807) is 0 Å². The third-order valence-electron chi connectivity index (χ3n) is 5.64. The van der Waals surface area contributed by atoms with Crippen LogP contribution in [0.1, 0.15) is 38.2 Å². The van der Waals surface area contributed by atoms with Gasteiger partial charge in [0, 0.05) is 51.2 Å². The van der Waals surface area contributed by atoms with E-state index >= 15 is 0 Å². The van der Waals surface area contributed by atoms with Crippen LogP contribution in [0, 0.1) is 11.8 Å². The number of carbonyl (C=O) groups excluding carboxylic acids is 2. The van der Waals surface area contributed by atoms with E-state index in [-0.39, 0.29) is 23.7 Å². The molecule has 26 heavy (non-hydrogen) atoms. The van der Waals surface area contributed by atoms with E-state index < -0.39 is 0 Å². The Kier molecular flexibility index (Phi) is 6.67. The smallest absolute Gasteiger partial charge is 0.226 e. The largest absolute Gasteiger partial charge is 0.381 e. The zero-order valence-corrected chi connectivity index (χ0v) is 15.7. The summed E-state index contributed by atoms with van der Waals surface area (Å²) < 4.78 is 5.35. The zero-order valence-electron chi connectivity index (χ0n) is 15.7. The molecule has 0 aliphatic carbocycles. The molecule has 1 aromatic rings. The number of piperidine rings is 1. The number of carbonyl (C=O) groups is 2. The number of ether oxygens (including phenoxy) is 1. The maximum absolute atomic E-state index is 12.9. The standard InChI is InChI=1S/C21H30N2O3/c1-2-22(16-17-6-4-3-5-7-17)20(24)18-8-12-23(13-9-18)21(25)19-10-14-26-15-11-19/h3-7,18-19H,2,8-16H2,1H3. The van der Waals surface area contributed by atoms with Crippen LogP contribution in [0.2, 0.25) is 0 Å². The molecule has 2 aliphatic heterocycles. The molecule has 2 saturated heterocycles. The van der Waals surface area contributed by atoms with Crippen LogP contribution in [0.4, 0.5) is 0 Å². The molecular weight excluding hydrogens is 328 g/mol. The summed E-state index contributed by atoms with van der Waals surface area (Å²) in [4.78, 5) is 29.5. The number of hydrogen-bond donors (Lipinski definition) is 0. The SMILES string of the molecule is CCN(Cc1ccccc1)C(=O)C1CCN(C(=O)C2CCOCC2)CC1. The number of benzene rings is 1. The summed E-state index contributed by atoms with van der Waals surface area (Å²) in [5, 5.41) is 0. The van der Waals surface area contributed by atoms with Gasteiger partial charge < -0.3 is 14.5 Å². The van der Waals surface area contributed by atoms with Crippen molar-refractivity contribution in [3.05, 3.63) is 35.9 Å². The fourth-order valence-corrected chi connectivity index (χ4v) is 3.96. The van der Waals surface area contributed by atoms with E-state index in [1.807, 2.05) is 34.9 Å². The van der Waals surface area contributed by atoms with E-state index in [9.17, 15) is 9.59 Å². The Hall–Kier alpha value is -1.88. The van der Waals surface area contributed by atoms with Crippen LogP contribution in [-0.2, 0) is 20.9 Å². The molecule has 2 aliphatic rings. The van der Waals surface area contributed by atoms with Gasteiger partial charge in [-0.1, -0.05) is 30.3 Å². The fraction of sp³-hybridized carbons (Fsp3) is 0.619. The zero-order chi connectivity index (χ0) is 18.4. The van der Waals surface area contributed by atoms with Crippen LogP contribution in [0.25, 0.3) is 0 Å². The lowest BCUT2D eigenvalue weighted by atomic mass is 9.92. The van der Waals surface area contributed by atoms with Crippen LogP contribution in [0.15, 0.2) is 30.3 Å². The first kappa shape index (κ1) is 18.9. The van der Waals surface area contributed by atoms with Crippen molar-refractivity contribution in [3.8, 4) is 0 Å². The lowest BCUT2D eigenvalue weighted by Crippen LogP contribution is -2.46. The second-order valence-corrected chi connectivity index (χ2v) is 7.32. The molecule has 1 aromatic carbocycles. The second kappa shape index (κ2) is 9.17. The Bertz CT molecular complexity index is 591. The Morgan fingerprint density at radius 3 is 2.31 bits per heavy atom. The highest BCUT2D eigenvalue weighted by molar-refractivity contribution is 5.81. The van der Waals surface area contributed by atoms with Crippen molar-refractivity contribution in [2.75, 3.05) is 32.8 Å². The van der Waals surface area contributed by atoms with Gasteiger partial charge in [-0.2, -0.15) is 0 Å². The minimum atomic E-state index is 0.0393. The van der Waals surface area contributed by atoms with Crippen molar-refractivity contribution >= 4 is 11.8 Å². The molecule has 0 unspecified atom stereocenters. The van der Waals surface area contributed by atoms with Crippen molar-refractivity contribution in [2.45, 2.75) is 39.2 Å². The van der Waals surface area contributed by atoms with Crippen LogP contribution in [0.3, 0.4) is 0 Å². The number of rotatable bonds is 5.